The van der Waals surface area contributed by atoms with Gasteiger partial charge in [-0.1, -0.05) is 6.92 Å². The van der Waals surface area contributed by atoms with E-state index in [1.165, 1.54) is 36.5 Å². The molecule has 1 aromatic rings. The zero-order chi connectivity index (χ0) is 14.4. The fourth-order valence-electron chi connectivity index (χ4n) is 2.81. The van der Waals surface area contributed by atoms with E-state index in [1.54, 1.807) is 0 Å². The van der Waals surface area contributed by atoms with Gasteiger partial charge >= 0.3 is 0 Å². The molecule has 1 N–H and O–H groups in total. The third-order valence-electron chi connectivity index (χ3n) is 4.07. The van der Waals surface area contributed by atoms with Crippen molar-refractivity contribution in [2.45, 2.75) is 38.3 Å². The highest BCUT2D eigenvalue weighted by Crippen LogP contribution is 2.20. The number of aromatic nitrogens is 2. The molecule has 2 rings (SSSR count). The molecule has 20 heavy (non-hydrogen) atoms. The Balaban J connectivity index is 1.91. The molecule has 2 unspecified atom stereocenters. The Kier molecular flexibility index (Phi) is 6.39. The smallest absolute Gasteiger partial charge is 0.0521 e. The van der Waals surface area contributed by atoms with E-state index in [-0.39, 0.29) is 0 Å². The van der Waals surface area contributed by atoms with Crippen LogP contribution in [0.4, 0.5) is 0 Å². The lowest BCUT2D eigenvalue weighted by Gasteiger charge is -2.38. The van der Waals surface area contributed by atoms with Gasteiger partial charge in [-0.2, -0.15) is 16.9 Å². The number of hydrogen-bond donors (Lipinski definition) is 1. The number of hydrogen-bond acceptors (Lipinski definition) is 4. The first-order valence-corrected chi connectivity index (χ1v) is 8.85. The van der Waals surface area contributed by atoms with Crippen molar-refractivity contribution in [2.75, 3.05) is 31.6 Å². The van der Waals surface area contributed by atoms with Gasteiger partial charge in [0.25, 0.3) is 0 Å². The number of aryl methyl sites for hydroxylation is 2. The van der Waals surface area contributed by atoms with E-state index in [9.17, 15) is 0 Å². The molecule has 2 atom stereocenters. The van der Waals surface area contributed by atoms with Crippen LogP contribution in [0.2, 0.25) is 0 Å². The average Bonchev–Trinajstić information content (AvgIpc) is 2.86. The summed E-state index contributed by atoms with van der Waals surface area (Å²) in [6.07, 6.45) is 7.64. The van der Waals surface area contributed by atoms with E-state index in [4.69, 9.17) is 0 Å². The van der Waals surface area contributed by atoms with Gasteiger partial charge in [-0.15, -0.1) is 0 Å². The minimum Gasteiger partial charge on any atom is -0.312 e. The number of thioether (sulfide) groups is 1. The van der Waals surface area contributed by atoms with E-state index in [1.807, 2.05) is 17.9 Å². The summed E-state index contributed by atoms with van der Waals surface area (Å²) in [4.78, 5) is 2.53. The predicted molar refractivity (Wildman–Crippen MR) is 87.4 cm³/mol. The highest BCUT2D eigenvalue weighted by atomic mass is 32.2. The van der Waals surface area contributed by atoms with Gasteiger partial charge in [0.1, 0.15) is 0 Å². The van der Waals surface area contributed by atoms with E-state index >= 15 is 0 Å². The molecule has 0 radical (unpaired) electrons. The molecule has 1 fully saturated rings. The van der Waals surface area contributed by atoms with Crippen molar-refractivity contribution >= 4 is 11.8 Å². The van der Waals surface area contributed by atoms with Crippen LogP contribution in [0.5, 0.6) is 0 Å². The fourth-order valence-corrected chi connectivity index (χ4v) is 4.12. The van der Waals surface area contributed by atoms with Gasteiger partial charge in [0.15, 0.2) is 0 Å². The molecular formula is C15H28N4S. The van der Waals surface area contributed by atoms with Gasteiger partial charge < -0.3 is 10.2 Å². The largest absolute Gasteiger partial charge is 0.312 e. The Morgan fingerprint density at radius 3 is 3.00 bits per heavy atom. The maximum atomic E-state index is 4.27. The molecule has 5 heteroatoms. The molecule has 4 nitrogen and oxygen atoms in total. The predicted octanol–water partition coefficient (Wildman–Crippen LogP) is 1.77. The van der Waals surface area contributed by atoms with Gasteiger partial charge in [-0.25, -0.2) is 0 Å². The molecule has 0 aromatic carbocycles. The van der Waals surface area contributed by atoms with Crippen molar-refractivity contribution in [1.29, 1.82) is 0 Å². The molecule has 1 aliphatic heterocycles. The quantitative estimate of drug-likeness (QED) is 0.831. The number of likely N-dealkylation sites (N-methyl/N-ethyl adjacent to an activating group) is 1. The van der Waals surface area contributed by atoms with E-state index < -0.39 is 0 Å². The van der Waals surface area contributed by atoms with Crippen LogP contribution in [-0.4, -0.2) is 58.4 Å². The fraction of sp³-hybridized carbons (Fsp3) is 0.800. The summed E-state index contributed by atoms with van der Waals surface area (Å²) in [5.74, 6) is 2.53. The Hall–Kier alpha value is -0.520. The van der Waals surface area contributed by atoms with Gasteiger partial charge in [-0.05, 0) is 38.4 Å². The minimum atomic E-state index is 0.591. The van der Waals surface area contributed by atoms with Crippen molar-refractivity contribution in [1.82, 2.24) is 20.0 Å². The lowest BCUT2D eigenvalue weighted by molar-refractivity contribution is 0.208. The van der Waals surface area contributed by atoms with Crippen molar-refractivity contribution in [3.63, 3.8) is 0 Å². The first-order chi connectivity index (χ1) is 9.70. The van der Waals surface area contributed by atoms with Crippen LogP contribution in [0.3, 0.4) is 0 Å². The first-order valence-electron chi connectivity index (χ1n) is 7.69. The normalized spacial score (nSPS) is 22.1. The van der Waals surface area contributed by atoms with Gasteiger partial charge in [0, 0.05) is 43.4 Å². The lowest BCUT2D eigenvalue weighted by Crippen LogP contribution is -2.53. The second kappa shape index (κ2) is 8.05. The third-order valence-corrected chi connectivity index (χ3v) is 5.11. The lowest BCUT2D eigenvalue weighted by atomic mass is 10.0. The van der Waals surface area contributed by atoms with Gasteiger partial charge in [-0.3, -0.25) is 4.68 Å². The minimum absolute atomic E-state index is 0.591. The Morgan fingerprint density at radius 2 is 2.35 bits per heavy atom. The van der Waals surface area contributed by atoms with Crippen molar-refractivity contribution < 1.29 is 0 Å². The average molecular weight is 296 g/mol. The summed E-state index contributed by atoms with van der Waals surface area (Å²) in [5, 5.41) is 8.03. The zero-order valence-electron chi connectivity index (χ0n) is 13.0. The summed E-state index contributed by atoms with van der Waals surface area (Å²) < 4.78 is 1.90. The van der Waals surface area contributed by atoms with Crippen LogP contribution in [-0.2, 0) is 13.5 Å². The maximum absolute atomic E-state index is 4.27. The highest BCUT2D eigenvalue weighted by Gasteiger charge is 2.27. The number of nitrogens with zero attached hydrogens (tertiary/aromatic N) is 3. The Morgan fingerprint density at radius 1 is 1.50 bits per heavy atom. The van der Waals surface area contributed by atoms with Gasteiger partial charge in [0.05, 0.1) is 6.20 Å². The van der Waals surface area contributed by atoms with Crippen LogP contribution >= 0.6 is 11.8 Å². The summed E-state index contributed by atoms with van der Waals surface area (Å²) in [6, 6.07) is 1.25. The van der Waals surface area contributed by atoms with Crippen LogP contribution in [0.25, 0.3) is 0 Å². The zero-order valence-corrected chi connectivity index (χ0v) is 13.8. The molecule has 2 heterocycles. The molecule has 1 aromatic heterocycles. The molecular weight excluding hydrogens is 268 g/mol. The second-order valence-electron chi connectivity index (χ2n) is 5.74. The van der Waals surface area contributed by atoms with E-state index in [0.29, 0.717) is 12.1 Å². The monoisotopic (exact) mass is 296 g/mol. The maximum Gasteiger partial charge on any atom is 0.0521 e. The second-order valence-corrected chi connectivity index (χ2v) is 6.89. The molecule has 0 amide bonds. The van der Waals surface area contributed by atoms with Crippen LogP contribution < -0.4 is 5.32 Å². The molecule has 114 valence electrons. The Bertz CT molecular complexity index is 393. The van der Waals surface area contributed by atoms with Crippen LogP contribution in [0.1, 0.15) is 25.3 Å². The van der Waals surface area contributed by atoms with Crippen LogP contribution in [0, 0.1) is 0 Å². The topological polar surface area (TPSA) is 33.1 Å². The van der Waals surface area contributed by atoms with Crippen LogP contribution in [0.15, 0.2) is 12.4 Å². The summed E-state index contributed by atoms with van der Waals surface area (Å²) in [7, 11) is 4.26. The van der Waals surface area contributed by atoms with Crippen molar-refractivity contribution in [3.8, 4) is 0 Å². The van der Waals surface area contributed by atoms with E-state index in [2.05, 4.69) is 47.2 Å². The summed E-state index contributed by atoms with van der Waals surface area (Å²) in [5.41, 5.74) is 1.35. The summed E-state index contributed by atoms with van der Waals surface area (Å²) in [6.45, 7) is 4.57. The molecule has 0 aliphatic carbocycles. The SMILES string of the molecule is CCCNC(CCc1cnn(C)c1)C1CSCCN1C. The highest BCUT2D eigenvalue weighted by molar-refractivity contribution is 7.99. The Labute approximate surface area is 127 Å². The standard InChI is InChI=1S/C15H28N4S/c1-4-7-16-14(15-12-20-9-8-18(15)2)6-5-13-10-17-19(3)11-13/h10-11,14-16H,4-9,12H2,1-3H3. The number of rotatable bonds is 7. The molecule has 0 bridgehead atoms. The van der Waals surface area contributed by atoms with Crippen molar-refractivity contribution in [2.24, 2.45) is 7.05 Å². The van der Waals surface area contributed by atoms with E-state index in [0.717, 1.165) is 13.0 Å². The van der Waals surface area contributed by atoms with Gasteiger partial charge in [0.2, 0.25) is 0 Å². The third kappa shape index (κ3) is 4.50. The molecule has 1 aliphatic rings. The molecule has 0 spiro atoms. The first kappa shape index (κ1) is 15.9. The number of nitrogens with one attached hydrogen (secondary N) is 1. The van der Waals surface area contributed by atoms with Crippen molar-refractivity contribution in [3.05, 3.63) is 18.0 Å². The molecule has 0 saturated carbocycles. The summed E-state index contributed by atoms with van der Waals surface area (Å²) >= 11 is 2.10. The molecule has 1 saturated heterocycles.